The molecule has 0 aromatic heterocycles. The van der Waals surface area contributed by atoms with E-state index in [2.05, 4.69) is 4.74 Å². The maximum absolute atomic E-state index is 14.0. The number of benzene rings is 2. The SMILES string of the molecule is CC1(c2ccc(OC(F)F)c(F)c2)C=CC(c2cccc(F)c2)=CC1. The van der Waals surface area contributed by atoms with E-state index in [4.69, 9.17) is 0 Å². The maximum Gasteiger partial charge on any atom is 0.387 e. The van der Waals surface area contributed by atoms with Crippen LogP contribution in [0.5, 0.6) is 5.75 Å². The Labute approximate surface area is 143 Å². The third-order valence-electron chi connectivity index (χ3n) is 4.34. The zero-order chi connectivity index (χ0) is 18.0. The molecular formula is C20H16F4O. The first-order valence-electron chi connectivity index (χ1n) is 7.77. The molecule has 0 saturated carbocycles. The Morgan fingerprint density at radius 2 is 1.88 bits per heavy atom. The fraction of sp³-hybridized carbons (Fsp3) is 0.200. The van der Waals surface area contributed by atoms with E-state index >= 15 is 0 Å². The Balaban J connectivity index is 1.83. The van der Waals surface area contributed by atoms with E-state index in [-0.39, 0.29) is 5.82 Å². The summed E-state index contributed by atoms with van der Waals surface area (Å²) in [6.07, 6.45) is 6.30. The fourth-order valence-electron chi connectivity index (χ4n) is 2.88. The zero-order valence-corrected chi connectivity index (χ0v) is 13.5. The van der Waals surface area contributed by atoms with Crippen LogP contribution in [0.3, 0.4) is 0 Å². The van der Waals surface area contributed by atoms with Crippen LogP contribution in [0.15, 0.2) is 60.7 Å². The van der Waals surface area contributed by atoms with Gasteiger partial charge in [0.1, 0.15) is 5.82 Å². The smallest absolute Gasteiger partial charge is 0.387 e. The number of rotatable bonds is 4. The van der Waals surface area contributed by atoms with Gasteiger partial charge in [-0.05, 0) is 47.4 Å². The van der Waals surface area contributed by atoms with Crippen molar-refractivity contribution in [3.63, 3.8) is 0 Å². The van der Waals surface area contributed by atoms with Gasteiger partial charge in [0, 0.05) is 5.41 Å². The summed E-state index contributed by atoms with van der Waals surface area (Å²) in [7, 11) is 0. The summed E-state index contributed by atoms with van der Waals surface area (Å²) in [6, 6.07) is 10.3. The predicted molar refractivity (Wildman–Crippen MR) is 88.5 cm³/mol. The monoisotopic (exact) mass is 348 g/mol. The molecule has 0 radical (unpaired) electrons. The average molecular weight is 348 g/mol. The molecule has 5 heteroatoms. The molecule has 1 atom stereocenters. The van der Waals surface area contributed by atoms with E-state index in [0.717, 1.165) is 11.1 Å². The standard InChI is InChI=1S/C20H16F4O/c1-20(15-5-6-18(17(22)12-15)25-19(23)24)9-7-13(8-10-20)14-3-2-4-16(21)11-14/h2-9,11-12,19H,10H2,1H3. The van der Waals surface area contributed by atoms with Crippen LogP contribution < -0.4 is 4.74 Å². The summed E-state index contributed by atoms with van der Waals surface area (Å²) in [5, 5.41) is 0. The lowest BCUT2D eigenvalue weighted by molar-refractivity contribution is -0.0522. The molecule has 0 fully saturated rings. The zero-order valence-electron chi connectivity index (χ0n) is 13.5. The summed E-state index contributed by atoms with van der Waals surface area (Å²) in [5.41, 5.74) is 1.82. The Morgan fingerprint density at radius 3 is 2.48 bits per heavy atom. The van der Waals surface area contributed by atoms with Crippen molar-refractivity contribution >= 4 is 5.57 Å². The Morgan fingerprint density at radius 1 is 1.08 bits per heavy atom. The molecule has 1 unspecified atom stereocenters. The normalized spacial score (nSPS) is 19.8. The van der Waals surface area contributed by atoms with Crippen LogP contribution in [0.2, 0.25) is 0 Å². The molecule has 1 nitrogen and oxygen atoms in total. The van der Waals surface area contributed by atoms with Crippen LogP contribution in [0.1, 0.15) is 24.5 Å². The summed E-state index contributed by atoms with van der Waals surface area (Å²) < 4.78 is 55.9. The van der Waals surface area contributed by atoms with Crippen molar-refractivity contribution in [1.82, 2.24) is 0 Å². The fourth-order valence-corrected chi connectivity index (χ4v) is 2.88. The second-order valence-electron chi connectivity index (χ2n) is 6.15. The molecule has 0 N–H and O–H groups in total. The number of hydrogen-bond donors (Lipinski definition) is 0. The third kappa shape index (κ3) is 3.76. The molecule has 3 rings (SSSR count). The summed E-state index contributed by atoms with van der Waals surface area (Å²) in [5.74, 6) is -1.61. The molecule has 1 aliphatic carbocycles. The summed E-state index contributed by atoms with van der Waals surface area (Å²) in [6.45, 7) is -1.15. The van der Waals surface area contributed by atoms with Gasteiger partial charge in [-0.15, -0.1) is 0 Å². The highest BCUT2D eigenvalue weighted by Crippen LogP contribution is 2.37. The minimum Gasteiger partial charge on any atom is -0.432 e. The van der Waals surface area contributed by atoms with Crippen molar-refractivity contribution in [3.05, 3.63) is 83.5 Å². The number of alkyl halides is 2. The van der Waals surface area contributed by atoms with Gasteiger partial charge in [0.15, 0.2) is 11.6 Å². The lowest BCUT2D eigenvalue weighted by atomic mass is 9.75. The van der Waals surface area contributed by atoms with Crippen molar-refractivity contribution in [2.24, 2.45) is 0 Å². The molecule has 0 bridgehead atoms. The van der Waals surface area contributed by atoms with Gasteiger partial charge in [0.05, 0.1) is 0 Å². The van der Waals surface area contributed by atoms with Gasteiger partial charge in [-0.25, -0.2) is 8.78 Å². The van der Waals surface area contributed by atoms with Crippen LogP contribution >= 0.6 is 0 Å². The Kier molecular flexibility index (Phi) is 4.66. The van der Waals surface area contributed by atoms with Gasteiger partial charge < -0.3 is 4.74 Å². The highest BCUT2D eigenvalue weighted by atomic mass is 19.3. The van der Waals surface area contributed by atoms with Gasteiger partial charge in [0.25, 0.3) is 0 Å². The number of ether oxygens (including phenoxy) is 1. The first kappa shape index (κ1) is 17.3. The van der Waals surface area contributed by atoms with Crippen molar-refractivity contribution in [2.75, 3.05) is 0 Å². The minimum absolute atomic E-state index is 0.308. The van der Waals surface area contributed by atoms with Crippen LogP contribution in [-0.2, 0) is 5.41 Å². The number of hydrogen-bond acceptors (Lipinski definition) is 1. The molecule has 2 aromatic carbocycles. The quantitative estimate of drug-likeness (QED) is 0.628. The van der Waals surface area contributed by atoms with E-state index in [1.165, 1.54) is 24.3 Å². The molecule has 1 aliphatic rings. The summed E-state index contributed by atoms with van der Waals surface area (Å²) >= 11 is 0. The van der Waals surface area contributed by atoms with Crippen molar-refractivity contribution in [3.8, 4) is 5.75 Å². The first-order chi connectivity index (χ1) is 11.9. The highest BCUT2D eigenvalue weighted by molar-refractivity contribution is 5.75. The van der Waals surface area contributed by atoms with Gasteiger partial charge in [0.2, 0.25) is 0 Å². The van der Waals surface area contributed by atoms with E-state index < -0.39 is 23.6 Å². The van der Waals surface area contributed by atoms with Gasteiger partial charge in [-0.1, -0.05) is 43.4 Å². The lowest BCUT2D eigenvalue weighted by Crippen LogP contribution is -2.20. The topological polar surface area (TPSA) is 9.23 Å². The minimum atomic E-state index is -3.07. The number of allylic oxidation sites excluding steroid dienone is 4. The Hall–Kier alpha value is -2.56. The van der Waals surface area contributed by atoms with Crippen LogP contribution in [0, 0.1) is 11.6 Å². The molecule has 0 spiro atoms. The van der Waals surface area contributed by atoms with Gasteiger partial charge in [-0.2, -0.15) is 8.78 Å². The van der Waals surface area contributed by atoms with E-state index in [1.54, 1.807) is 12.1 Å². The molecule has 2 aromatic rings. The Bertz CT molecular complexity index is 841. The predicted octanol–water partition coefficient (Wildman–Crippen LogP) is 5.87. The molecule has 0 aliphatic heterocycles. The second kappa shape index (κ2) is 6.75. The lowest BCUT2D eigenvalue weighted by Gasteiger charge is -2.29. The first-order valence-corrected chi connectivity index (χ1v) is 7.77. The van der Waals surface area contributed by atoms with Crippen LogP contribution in [0.25, 0.3) is 5.57 Å². The van der Waals surface area contributed by atoms with E-state index in [9.17, 15) is 17.6 Å². The largest absolute Gasteiger partial charge is 0.432 e. The van der Waals surface area contributed by atoms with E-state index in [0.29, 0.717) is 12.0 Å². The second-order valence-corrected chi connectivity index (χ2v) is 6.15. The molecule has 0 amide bonds. The summed E-state index contributed by atoms with van der Waals surface area (Å²) in [4.78, 5) is 0. The molecule has 0 heterocycles. The highest BCUT2D eigenvalue weighted by Gasteiger charge is 2.26. The average Bonchev–Trinajstić information content (AvgIpc) is 2.57. The van der Waals surface area contributed by atoms with E-state index in [1.807, 2.05) is 31.2 Å². The van der Waals surface area contributed by atoms with Crippen molar-refractivity contribution < 1.29 is 22.3 Å². The van der Waals surface area contributed by atoms with Crippen molar-refractivity contribution in [1.29, 1.82) is 0 Å². The third-order valence-corrected chi connectivity index (χ3v) is 4.34. The van der Waals surface area contributed by atoms with Crippen molar-refractivity contribution in [2.45, 2.75) is 25.4 Å². The van der Waals surface area contributed by atoms with Crippen LogP contribution in [0.4, 0.5) is 17.6 Å². The molecular weight excluding hydrogens is 332 g/mol. The molecule has 25 heavy (non-hydrogen) atoms. The molecule has 0 saturated heterocycles. The molecule has 130 valence electrons. The van der Waals surface area contributed by atoms with Gasteiger partial charge in [-0.3, -0.25) is 0 Å². The maximum atomic E-state index is 14.0. The van der Waals surface area contributed by atoms with Crippen LogP contribution in [-0.4, -0.2) is 6.61 Å². The van der Waals surface area contributed by atoms with Gasteiger partial charge >= 0.3 is 6.61 Å². The number of halogens is 4.